The molecule has 7 aromatic carbocycles. The molecule has 0 amide bonds. The summed E-state index contributed by atoms with van der Waals surface area (Å²) in [7, 11) is 0. The molecule has 0 radical (unpaired) electrons. The molecule has 0 spiro atoms. The normalized spacial score (nSPS) is 11.6. The molecule has 4 heterocycles. The zero-order valence-electron chi connectivity index (χ0n) is 29.8. The van der Waals surface area contributed by atoms with Crippen LogP contribution in [0.4, 0.5) is 0 Å². The molecule has 0 bridgehead atoms. The molecular weight excluding hydrogens is 691 g/mol. The summed E-state index contributed by atoms with van der Waals surface area (Å²) in [6.45, 7) is 0. The van der Waals surface area contributed by atoms with Crippen molar-refractivity contribution in [3.05, 3.63) is 176 Å². The van der Waals surface area contributed by atoms with Crippen LogP contribution >= 0.6 is 0 Å². The zero-order chi connectivity index (χ0) is 37.0. The first kappa shape index (κ1) is 31.7. The van der Waals surface area contributed by atoms with Gasteiger partial charge < -0.3 is 8.83 Å². The number of hydrogen-bond donors (Lipinski definition) is 0. The number of para-hydroxylation sites is 1. The van der Waals surface area contributed by atoms with Crippen molar-refractivity contribution in [3.63, 3.8) is 0 Å². The number of furan rings is 2. The highest BCUT2D eigenvalue weighted by atomic mass is 16.3. The van der Waals surface area contributed by atoms with Crippen molar-refractivity contribution in [2.24, 2.45) is 0 Å². The van der Waals surface area contributed by atoms with Gasteiger partial charge in [0.25, 0.3) is 0 Å². The zero-order valence-corrected chi connectivity index (χ0v) is 29.8. The van der Waals surface area contributed by atoms with Gasteiger partial charge in [0, 0.05) is 44.0 Å². The summed E-state index contributed by atoms with van der Waals surface area (Å²) in [5, 5.41) is 2.67. The van der Waals surface area contributed by atoms with Crippen LogP contribution in [0.2, 0.25) is 0 Å². The van der Waals surface area contributed by atoms with Crippen molar-refractivity contribution < 1.29 is 8.83 Å². The van der Waals surface area contributed by atoms with E-state index in [9.17, 15) is 0 Å². The van der Waals surface area contributed by atoms with E-state index in [2.05, 4.69) is 54.6 Å². The largest absolute Gasteiger partial charge is 0.456 e. The van der Waals surface area contributed by atoms with Crippen LogP contribution in [0.1, 0.15) is 0 Å². The van der Waals surface area contributed by atoms with Gasteiger partial charge in [-0.05, 0) is 35.4 Å². The lowest BCUT2D eigenvalue weighted by Gasteiger charge is -2.10. The number of hydrogen-bond acceptors (Lipinski definition) is 7. The number of aromatic nitrogens is 5. The van der Waals surface area contributed by atoms with Crippen LogP contribution in [0, 0.1) is 0 Å². The molecule has 0 aliphatic rings. The Labute approximate surface area is 320 Å². The van der Waals surface area contributed by atoms with Gasteiger partial charge in [0.1, 0.15) is 28.0 Å². The third-order valence-electron chi connectivity index (χ3n) is 10.2. The predicted octanol–water partition coefficient (Wildman–Crippen LogP) is 12.5. The Kier molecular flexibility index (Phi) is 7.35. The molecule has 4 aromatic heterocycles. The van der Waals surface area contributed by atoms with Crippen molar-refractivity contribution in [3.8, 4) is 67.9 Å². The minimum Gasteiger partial charge on any atom is -0.456 e. The van der Waals surface area contributed by atoms with Gasteiger partial charge in [-0.25, -0.2) is 24.9 Å². The van der Waals surface area contributed by atoms with E-state index in [0.29, 0.717) is 45.7 Å². The maximum atomic E-state index is 6.57. The molecule has 0 saturated carbocycles. The lowest BCUT2D eigenvalue weighted by Crippen LogP contribution is -2.00. The number of benzene rings is 7. The fraction of sp³-hybridized carbons (Fsp3) is 0. The second kappa shape index (κ2) is 13.0. The van der Waals surface area contributed by atoms with Crippen molar-refractivity contribution in [1.82, 2.24) is 24.9 Å². The van der Waals surface area contributed by atoms with Gasteiger partial charge in [-0.1, -0.05) is 152 Å². The van der Waals surface area contributed by atoms with E-state index < -0.39 is 0 Å². The molecule has 0 fully saturated rings. The van der Waals surface area contributed by atoms with Crippen molar-refractivity contribution in [1.29, 1.82) is 0 Å². The quantitative estimate of drug-likeness (QED) is 0.169. The number of rotatable bonds is 6. The Bertz CT molecular complexity index is 3170. The van der Waals surface area contributed by atoms with Gasteiger partial charge in [0.2, 0.25) is 0 Å². The third-order valence-corrected chi connectivity index (χ3v) is 10.2. The van der Waals surface area contributed by atoms with Gasteiger partial charge in [0.15, 0.2) is 28.9 Å². The van der Waals surface area contributed by atoms with E-state index in [0.717, 1.165) is 66.2 Å². The van der Waals surface area contributed by atoms with Crippen molar-refractivity contribution in [2.45, 2.75) is 0 Å². The lowest BCUT2D eigenvalue weighted by atomic mass is 10.00. The SMILES string of the molecule is c1ccc(-c2ccc(-c3nc(-c4cccc5oc6cccc(-c7nc(-c8ccccc8)nc(-c8ccccc8)n7)c6c45)nc4c3oc3ccccc34)cc2)cc1. The highest BCUT2D eigenvalue weighted by Crippen LogP contribution is 2.42. The van der Waals surface area contributed by atoms with Gasteiger partial charge in [-0.15, -0.1) is 0 Å². The summed E-state index contributed by atoms with van der Waals surface area (Å²) in [4.78, 5) is 25.6. The summed E-state index contributed by atoms with van der Waals surface area (Å²) in [6.07, 6.45) is 0. The first-order valence-corrected chi connectivity index (χ1v) is 18.4. The second-order valence-corrected chi connectivity index (χ2v) is 13.6. The van der Waals surface area contributed by atoms with Crippen molar-refractivity contribution >= 4 is 44.0 Å². The monoisotopic (exact) mass is 719 g/mol. The summed E-state index contributed by atoms with van der Waals surface area (Å²) in [5.74, 6) is 2.27. The Balaban J connectivity index is 1.15. The molecule has 262 valence electrons. The summed E-state index contributed by atoms with van der Waals surface area (Å²) >= 11 is 0. The van der Waals surface area contributed by atoms with Gasteiger partial charge in [-0.3, -0.25) is 0 Å². The smallest absolute Gasteiger partial charge is 0.180 e. The Hall–Kier alpha value is -7.77. The van der Waals surface area contributed by atoms with Gasteiger partial charge in [-0.2, -0.15) is 0 Å². The minimum atomic E-state index is 0.539. The molecule has 0 aliphatic carbocycles. The first-order chi connectivity index (χ1) is 27.7. The standard InChI is InChI=1S/C49H29N5O2/c1-4-14-30(15-5-1)31-26-28-32(29-27-31)43-45-44(35-20-10-11-23-38(35)56-45)51-48(50-43)36-21-12-24-39-41(36)42-37(22-13-25-40(42)55-39)49-53-46(33-16-6-2-7-17-33)52-47(54-49)34-18-8-3-9-19-34/h1-29H. The first-order valence-electron chi connectivity index (χ1n) is 18.4. The minimum absolute atomic E-state index is 0.539. The van der Waals surface area contributed by atoms with Crippen LogP contribution in [0.25, 0.3) is 112 Å². The summed E-state index contributed by atoms with van der Waals surface area (Å²) in [6, 6.07) is 58.8. The Morgan fingerprint density at radius 3 is 1.38 bits per heavy atom. The molecule has 0 saturated heterocycles. The Morgan fingerprint density at radius 2 is 0.768 bits per heavy atom. The van der Waals surface area contributed by atoms with Gasteiger partial charge in [0.05, 0.1) is 0 Å². The van der Waals surface area contributed by atoms with E-state index in [1.165, 1.54) is 0 Å². The average Bonchev–Trinajstić information content (AvgIpc) is 3.86. The molecule has 7 heteroatoms. The fourth-order valence-corrected chi connectivity index (χ4v) is 7.53. The van der Waals surface area contributed by atoms with E-state index in [4.69, 9.17) is 33.8 Å². The molecule has 0 atom stereocenters. The Morgan fingerprint density at radius 1 is 0.304 bits per heavy atom. The molecule has 0 aliphatic heterocycles. The maximum absolute atomic E-state index is 6.57. The molecule has 0 unspecified atom stereocenters. The van der Waals surface area contributed by atoms with Crippen LogP contribution in [0.3, 0.4) is 0 Å². The summed E-state index contributed by atoms with van der Waals surface area (Å²) < 4.78 is 13.1. The topological polar surface area (TPSA) is 90.7 Å². The molecule has 7 nitrogen and oxygen atoms in total. The van der Waals surface area contributed by atoms with E-state index in [-0.39, 0.29) is 0 Å². The maximum Gasteiger partial charge on any atom is 0.180 e. The fourth-order valence-electron chi connectivity index (χ4n) is 7.53. The van der Waals surface area contributed by atoms with E-state index in [1.807, 2.05) is 121 Å². The van der Waals surface area contributed by atoms with Crippen LogP contribution < -0.4 is 0 Å². The third kappa shape index (κ3) is 5.33. The van der Waals surface area contributed by atoms with Crippen LogP contribution in [-0.2, 0) is 0 Å². The molecular formula is C49H29N5O2. The molecule has 0 N–H and O–H groups in total. The van der Waals surface area contributed by atoms with Crippen LogP contribution in [0.5, 0.6) is 0 Å². The van der Waals surface area contributed by atoms with Crippen LogP contribution in [0.15, 0.2) is 185 Å². The van der Waals surface area contributed by atoms with Crippen LogP contribution in [-0.4, -0.2) is 24.9 Å². The lowest BCUT2D eigenvalue weighted by molar-refractivity contribution is 0.667. The van der Waals surface area contributed by atoms with Gasteiger partial charge >= 0.3 is 0 Å². The predicted molar refractivity (Wildman–Crippen MR) is 223 cm³/mol. The molecule has 11 rings (SSSR count). The highest BCUT2D eigenvalue weighted by Gasteiger charge is 2.23. The molecule has 56 heavy (non-hydrogen) atoms. The van der Waals surface area contributed by atoms with E-state index in [1.54, 1.807) is 0 Å². The summed E-state index contributed by atoms with van der Waals surface area (Å²) in [5.41, 5.74) is 10.9. The average molecular weight is 720 g/mol. The number of fused-ring (bicyclic) bond motifs is 6. The second-order valence-electron chi connectivity index (χ2n) is 13.6. The number of nitrogens with zero attached hydrogens (tertiary/aromatic N) is 5. The highest BCUT2D eigenvalue weighted by molar-refractivity contribution is 6.17. The molecule has 11 aromatic rings. The van der Waals surface area contributed by atoms with E-state index >= 15 is 0 Å². The van der Waals surface area contributed by atoms with Crippen molar-refractivity contribution in [2.75, 3.05) is 0 Å².